The van der Waals surface area contributed by atoms with E-state index in [0.717, 1.165) is 62.7 Å². The summed E-state index contributed by atoms with van der Waals surface area (Å²) in [7, 11) is -8.78. The molecule has 3 rings (SSSR count). The van der Waals surface area contributed by atoms with Crippen molar-refractivity contribution in [1.82, 2.24) is 23.8 Å². The number of carbonyl (C=O) groups excluding carboxylic acids is 3. The number of nitrogens with zero attached hydrogens (tertiary/aromatic N) is 1. The number of aliphatic hydroxyl groups is 1. The zero-order chi connectivity index (χ0) is 41.2. The number of carbonyl (C=O) groups is 3. The fourth-order valence-electron chi connectivity index (χ4n) is 7.24. The number of fused-ring (bicyclic) bond motifs is 1. The molecule has 0 bridgehead atoms. The fourth-order valence-corrected chi connectivity index (χ4v) is 8.66. The quantitative estimate of drug-likeness (QED) is 0.0347. The van der Waals surface area contributed by atoms with Crippen LogP contribution in [0.1, 0.15) is 85.0 Å². The van der Waals surface area contributed by atoms with Gasteiger partial charge in [-0.05, 0) is 74.0 Å². The molecule has 2 fully saturated rings. The van der Waals surface area contributed by atoms with Crippen molar-refractivity contribution in [3.63, 3.8) is 0 Å². The summed E-state index contributed by atoms with van der Waals surface area (Å²) in [6.07, 6.45) is 7.61. The van der Waals surface area contributed by atoms with E-state index in [9.17, 15) is 31.2 Å². The van der Waals surface area contributed by atoms with Crippen molar-refractivity contribution >= 4 is 38.7 Å². The van der Waals surface area contributed by atoms with Gasteiger partial charge in [-0.25, -0.2) is 23.8 Å². The maximum Gasteiger partial charge on any atom is 0.421 e. The standard InChI is InChI=1S/C37H63N5O12S2/c1-5-8-14-28-29(15-9-6-2)32(28)24-52-34(44)40-55(47,48)38-18-20-42(36(46)54-27-37(4,7-3)26-51-23-22-43)21-19-39-56(49,50)41-35(45)53-25-33-30-16-12-10-11-13-17-31(30)33/h5,28-33,38-39,43H,1,6-9,12-27H2,2-4H3,(H,40,44)(H,41,45)/t28-,29+,30-,31+,32-,33?,37?/m0/s1. The first-order chi connectivity index (χ1) is 26.7. The van der Waals surface area contributed by atoms with Crippen LogP contribution in [0.2, 0.25) is 0 Å². The third-order valence-corrected chi connectivity index (χ3v) is 12.9. The van der Waals surface area contributed by atoms with Crippen molar-refractivity contribution in [1.29, 1.82) is 0 Å². The minimum Gasteiger partial charge on any atom is -0.449 e. The van der Waals surface area contributed by atoms with Gasteiger partial charge in [0.2, 0.25) is 0 Å². The van der Waals surface area contributed by atoms with E-state index in [0.29, 0.717) is 30.1 Å². The number of ether oxygens (including phenoxy) is 4. The normalized spacial score (nSPS) is 23.7. The number of nitrogens with one attached hydrogen (secondary N) is 4. The Kier molecular flexibility index (Phi) is 19.7. The molecule has 0 aromatic carbocycles. The Balaban J connectivity index is 1.50. The monoisotopic (exact) mass is 833 g/mol. The molecule has 0 aliphatic heterocycles. The van der Waals surface area contributed by atoms with Crippen molar-refractivity contribution < 1.29 is 55.3 Å². The molecule has 19 heteroatoms. The molecule has 0 saturated heterocycles. The van der Waals surface area contributed by atoms with Gasteiger partial charge in [0, 0.05) is 44.4 Å². The number of hydrogen-bond donors (Lipinski definition) is 5. The van der Waals surface area contributed by atoms with Gasteiger partial charge in [0.05, 0.1) is 33.0 Å². The maximum absolute atomic E-state index is 13.2. The highest BCUT2D eigenvalue weighted by molar-refractivity contribution is 7.88. The summed E-state index contributed by atoms with van der Waals surface area (Å²) in [5, 5.41) is 9.05. The van der Waals surface area contributed by atoms with Gasteiger partial charge in [-0.2, -0.15) is 26.3 Å². The van der Waals surface area contributed by atoms with E-state index >= 15 is 0 Å². The summed E-state index contributed by atoms with van der Waals surface area (Å²) >= 11 is 0. The third-order valence-electron chi connectivity index (χ3n) is 10.9. The topological polar surface area (TPSA) is 228 Å². The summed E-state index contributed by atoms with van der Waals surface area (Å²) in [5.41, 5.74) is -0.610. The average Bonchev–Trinajstić information content (AvgIpc) is 4.01. The van der Waals surface area contributed by atoms with E-state index in [1.165, 1.54) is 0 Å². The maximum atomic E-state index is 13.2. The van der Waals surface area contributed by atoms with Crippen molar-refractivity contribution in [2.75, 3.05) is 65.8 Å². The number of allylic oxidation sites excluding steroid dienone is 1. The van der Waals surface area contributed by atoms with E-state index in [-0.39, 0.29) is 77.7 Å². The SMILES string of the molecule is C=CCC[C@H]1[C@@H](CCCC)[C@H]1COC(=O)NS(=O)(=O)NCCN(CCNS(=O)(=O)NC(=O)OCC1[C@H]2CCC#CCC[C@@H]12)C(=O)OCC(C)(CC)COCCO. The summed E-state index contributed by atoms with van der Waals surface area (Å²) in [6, 6.07) is 0. The minimum absolute atomic E-state index is 0.0903. The van der Waals surface area contributed by atoms with Crippen molar-refractivity contribution in [2.24, 2.45) is 40.9 Å². The highest BCUT2D eigenvalue weighted by Crippen LogP contribution is 2.53. The molecule has 0 aromatic heterocycles. The third kappa shape index (κ3) is 16.8. The predicted molar refractivity (Wildman–Crippen MR) is 208 cm³/mol. The van der Waals surface area contributed by atoms with Gasteiger partial charge in [-0.1, -0.05) is 39.7 Å². The Hall–Kier alpha value is -3.15. The van der Waals surface area contributed by atoms with Crippen LogP contribution in [0, 0.1) is 52.8 Å². The van der Waals surface area contributed by atoms with Gasteiger partial charge in [0.25, 0.3) is 0 Å². The zero-order valence-corrected chi connectivity index (χ0v) is 34.7. The molecule has 3 amide bonds. The van der Waals surface area contributed by atoms with Crippen LogP contribution in [0.4, 0.5) is 14.4 Å². The second kappa shape index (κ2) is 23.3. The van der Waals surface area contributed by atoms with E-state index in [1.54, 1.807) is 0 Å². The summed E-state index contributed by atoms with van der Waals surface area (Å²) in [5.74, 6) is 8.18. The fraction of sp³-hybridized carbons (Fsp3) is 0.811. The first kappa shape index (κ1) is 47.2. The second-order valence-corrected chi connectivity index (χ2v) is 18.1. The molecule has 0 radical (unpaired) electrons. The lowest BCUT2D eigenvalue weighted by Gasteiger charge is -2.29. The van der Waals surface area contributed by atoms with Gasteiger partial charge >= 0.3 is 38.7 Å². The van der Waals surface area contributed by atoms with Crippen LogP contribution in [0.25, 0.3) is 0 Å². The van der Waals surface area contributed by atoms with Crippen LogP contribution in [0.5, 0.6) is 0 Å². The lowest BCUT2D eigenvalue weighted by Crippen LogP contribution is -2.48. The van der Waals surface area contributed by atoms with Crippen molar-refractivity contribution in [3.8, 4) is 11.8 Å². The Morgan fingerprint density at radius 1 is 0.839 bits per heavy atom. The van der Waals surface area contributed by atoms with Gasteiger partial charge in [-0.15, -0.1) is 18.4 Å². The smallest absolute Gasteiger partial charge is 0.421 e. The average molecular weight is 834 g/mol. The van der Waals surface area contributed by atoms with Crippen LogP contribution in [0.3, 0.4) is 0 Å². The van der Waals surface area contributed by atoms with E-state index in [2.05, 4.69) is 34.8 Å². The van der Waals surface area contributed by atoms with Crippen LogP contribution < -0.4 is 18.9 Å². The van der Waals surface area contributed by atoms with E-state index < -0.39 is 44.1 Å². The zero-order valence-electron chi connectivity index (χ0n) is 33.1. The molecular formula is C37H63N5O12S2. The highest BCUT2D eigenvalue weighted by Gasteiger charge is 2.50. The summed E-state index contributed by atoms with van der Waals surface area (Å²) < 4.78 is 80.1. The summed E-state index contributed by atoms with van der Waals surface area (Å²) in [6.45, 7) is 8.48. The summed E-state index contributed by atoms with van der Waals surface area (Å²) in [4.78, 5) is 39.1. The molecule has 0 aromatic rings. The predicted octanol–water partition coefficient (Wildman–Crippen LogP) is 3.43. The lowest BCUT2D eigenvalue weighted by atomic mass is 9.90. The molecule has 2 unspecified atom stereocenters. The molecule has 0 spiro atoms. The number of unbranched alkanes of at least 4 members (excludes halogenated alkanes) is 1. The molecule has 7 atom stereocenters. The van der Waals surface area contributed by atoms with Gasteiger partial charge in [-0.3, -0.25) is 0 Å². The number of aliphatic hydroxyl groups excluding tert-OH is 1. The van der Waals surface area contributed by atoms with Crippen LogP contribution in [-0.4, -0.2) is 111 Å². The van der Waals surface area contributed by atoms with E-state index in [4.69, 9.17) is 24.1 Å². The number of amides is 3. The van der Waals surface area contributed by atoms with Crippen LogP contribution in [0.15, 0.2) is 12.7 Å². The molecule has 3 aliphatic carbocycles. The number of hydrogen-bond acceptors (Lipinski definition) is 12. The molecule has 3 aliphatic rings. The van der Waals surface area contributed by atoms with Gasteiger partial charge in [0.15, 0.2) is 0 Å². The molecular weight excluding hydrogens is 771 g/mol. The van der Waals surface area contributed by atoms with Crippen LogP contribution >= 0.6 is 0 Å². The molecule has 0 heterocycles. The molecule has 5 N–H and O–H groups in total. The Labute approximate surface area is 333 Å². The first-order valence-electron chi connectivity index (χ1n) is 19.7. The molecule has 17 nitrogen and oxygen atoms in total. The highest BCUT2D eigenvalue weighted by atomic mass is 32.2. The van der Waals surface area contributed by atoms with Crippen molar-refractivity contribution in [2.45, 2.75) is 85.0 Å². The largest absolute Gasteiger partial charge is 0.449 e. The molecule has 320 valence electrons. The second-order valence-electron chi connectivity index (χ2n) is 15.1. The Morgan fingerprint density at radius 2 is 1.39 bits per heavy atom. The molecule has 2 saturated carbocycles. The first-order valence-corrected chi connectivity index (χ1v) is 22.7. The van der Waals surface area contributed by atoms with Gasteiger partial charge in [0.1, 0.15) is 6.61 Å². The lowest BCUT2D eigenvalue weighted by molar-refractivity contribution is -0.00986. The minimum atomic E-state index is -4.40. The van der Waals surface area contributed by atoms with Gasteiger partial charge < -0.3 is 29.0 Å². The van der Waals surface area contributed by atoms with Crippen molar-refractivity contribution in [3.05, 3.63) is 12.7 Å². The Morgan fingerprint density at radius 3 is 1.91 bits per heavy atom. The van der Waals surface area contributed by atoms with E-state index in [1.807, 2.05) is 29.4 Å². The Bertz CT molecular complexity index is 1550. The number of rotatable bonds is 27. The molecule has 56 heavy (non-hydrogen) atoms. The van der Waals surface area contributed by atoms with Crippen LogP contribution in [-0.2, 0) is 39.4 Å².